The molecular formula is C20H28O7. The van der Waals surface area contributed by atoms with E-state index in [4.69, 9.17) is 0 Å². The highest BCUT2D eigenvalue weighted by atomic mass is 16.4. The lowest BCUT2D eigenvalue weighted by atomic mass is 9.85. The zero-order valence-electron chi connectivity index (χ0n) is 15.8. The van der Waals surface area contributed by atoms with Gasteiger partial charge in [0.25, 0.3) is 0 Å². The van der Waals surface area contributed by atoms with Gasteiger partial charge in [-0.25, -0.2) is 0 Å². The minimum Gasteiger partial charge on any atom is -0.504 e. The van der Waals surface area contributed by atoms with E-state index < -0.39 is 34.3 Å². The number of hydrogen-bond donors (Lipinski definition) is 5. The Morgan fingerprint density at radius 2 is 1.67 bits per heavy atom. The van der Waals surface area contributed by atoms with Crippen LogP contribution < -0.4 is 0 Å². The largest absolute Gasteiger partial charge is 0.504 e. The summed E-state index contributed by atoms with van der Waals surface area (Å²) in [6.45, 7) is 3.28. The van der Waals surface area contributed by atoms with Gasteiger partial charge in [0.2, 0.25) is 5.75 Å². The Kier molecular flexibility index (Phi) is 5.92. The van der Waals surface area contributed by atoms with Gasteiger partial charge in [-0.3, -0.25) is 9.59 Å². The summed E-state index contributed by atoms with van der Waals surface area (Å²) in [5, 5.41) is 48.3. The third kappa shape index (κ3) is 4.64. The molecule has 5 N–H and O–H groups in total. The molecule has 27 heavy (non-hydrogen) atoms. The first-order valence-electron chi connectivity index (χ1n) is 9.22. The molecule has 0 saturated heterocycles. The number of rotatable bonds is 10. The summed E-state index contributed by atoms with van der Waals surface area (Å²) in [5.74, 6) is -3.08. The van der Waals surface area contributed by atoms with Crippen LogP contribution in [0.4, 0.5) is 0 Å². The number of benzene rings is 1. The highest BCUT2D eigenvalue weighted by molar-refractivity contribution is 5.77. The molecule has 1 aliphatic carbocycles. The van der Waals surface area contributed by atoms with Crippen molar-refractivity contribution in [3.8, 4) is 17.2 Å². The van der Waals surface area contributed by atoms with E-state index in [1.807, 2.05) is 0 Å². The van der Waals surface area contributed by atoms with Crippen molar-refractivity contribution in [2.24, 2.45) is 10.8 Å². The average molecular weight is 380 g/mol. The highest BCUT2D eigenvalue weighted by Crippen LogP contribution is 2.50. The van der Waals surface area contributed by atoms with Crippen LogP contribution >= 0.6 is 0 Å². The van der Waals surface area contributed by atoms with E-state index in [2.05, 4.69) is 0 Å². The molecule has 2 rings (SSSR count). The topological polar surface area (TPSA) is 135 Å². The second kappa shape index (κ2) is 7.66. The minimum absolute atomic E-state index is 0.381. The molecule has 1 fully saturated rings. The van der Waals surface area contributed by atoms with E-state index in [-0.39, 0.29) is 5.75 Å². The standard InChI is InChI=1S/C20H28O7/c1-19(2,17(24)25)7-3-5-12-11-14(21)16(23)15(22)13(12)6-4-8-20(9-10-20)18(26)27/h11,21-23H,3-10H2,1-2H3,(H,24,25)(H,26,27). The molecule has 1 aliphatic rings. The van der Waals surface area contributed by atoms with Crippen molar-refractivity contribution in [1.29, 1.82) is 0 Å². The molecule has 1 aromatic carbocycles. The van der Waals surface area contributed by atoms with E-state index in [1.165, 1.54) is 6.07 Å². The maximum Gasteiger partial charge on any atom is 0.309 e. The number of phenolic OH excluding ortho intramolecular Hbond substituents is 3. The molecule has 0 radical (unpaired) electrons. The van der Waals surface area contributed by atoms with Crippen molar-refractivity contribution >= 4 is 11.9 Å². The Balaban J connectivity index is 2.09. The summed E-state index contributed by atoms with van der Waals surface area (Å²) in [4.78, 5) is 22.5. The molecule has 7 nitrogen and oxygen atoms in total. The van der Waals surface area contributed by atoms with Crippen molar-refractivity contribution in [1.82, 2.24) is 0 Å². The Morgan fingerprint density at radius 3 is 2.19 bits per heavy atom. The van der Waals surface area contributed by atoms with Crippen molar-refractivity contribution in [3.63, 3.8) is 0 Å². The van der Waals surface area contributed by atoms with E-state index in [1.54, 1.807) is 13.8 Å². The fourth-order valence-electron chi connectivity index (χ4n) is 3.39. The summed E-state index contributed by atoms with van der Waals surface area (Å²) < 4.78 is 0. The van der Waals surface area contributed by atoms with Gasteiger partial charge in [-0.2, -0.15) is 0 Å². The van der Waals surface area contributed by atoms with Gasteiger partial charge in [-0.05, 0) is 76.8 Å². The molecule has 0 aromatic heterocycles. The first-order chi connectivity index (χ1) is 12.5. The molecule has 1 aromatic rings. The van der Waals surface area contributed by atoms with Gasteiger partial charge in [-0.1, -0.05) is 0 Å². The molecule has 0 heterocycles. The zero-order valence-corrected chi connectivity index (χ0v) is 15.8. The van der Waals surface area contributed by atoms with Crippen LogP contribution in [0.3, 0.4) is 0 Å². The molecule has 0 unspecified atom stereocenters. The smallest absolute Gasteiger partial charge is 0.309 e. The van der Waals surface area contributed by atoms with Crippen LogP contribution in [0.5, 0.6) is 17.2 Å². The Bertz CT molecular complexity index is 732. The second-order valence-corrected chi connectivity index (χ2v) is 8.21. The second-order valence-electron chi connectivity index (χ2n) is 8.21. The quantitative estimate of drug-likeness (QED) is 0.392. The molecular weight excluding hydrogens is 352 g/mol. The van der Waals surface area contributed by atoms with Gasteiger partial charge >= 0.3 is 11.9 Å². The van der Waals surface area contributed by atoms with Crippen molar-refractivity contribution < 1.29 is 35.1 Å². The van der Waals surface area contributed by atoms with Gasteiger partial charge in [0, 0.05) is 5.56 Å². The van der Waals surface area contributed by atoms with Crippen LogP contribution in [-0.2, 0) is 22.4 Å². The maximum atomic E-state index is 11.3. The van der Waals surface area contributed by atoms with Crippen LogP contribution in [0, 0.1) is 10.8 Å². The van der Waals surface area contributed by atoms with E-state index in [0.29, 0.717) is 62.5 Å². The number of carbonyl (C=O) groups is 2. The van der Waals surface area contributed by atoms with Gasteiger partial charge in [0.15, 0.2) is 11.5 Å². The Morgan fingerprint density at radius 1 is 1.04 bits per heavy atom. The number of phenols is 3. The first kappa shape index (κ1) is 20.9. The normalized spacial score (nSPS) is 15.5. The number of aromatic hydroxyl groups is 3. The fourth-order valence-corrected chi connectivity index (χ4v) is 3.39. The summed E-state index contributed by atoms with van der Waals surface area (Å²) >= 11 is 0. The lowest BCUT2D eigenvalue weighted by Gasteiger charge is -2.20. The molecule has 150 valence electrons. The predicted molar refractivity (Wildman–Crippen MR) is 98.0 cm³/mol. The number of carboxylic acids is 2. The Labute approximate surface area is 158 Å². The highest BCUT2D eigenvalue weighted by Gasteiger charge is 2.49. The van der Waals surface area contributed by atoms with Crippen LogP contribution in [0.1, 0.15) is 63.5 Å². The lowest BCUT2D eigenvalue weighted by molar-refractivity contribution is -0.147. The molecule has 0 bridgehead atoms. The van der Waals surface area contributed by atoms with Crippen LogP contribution in [0.15, 0.2) is 6.07 Å². The molecule has 0 aliphatic heterocycles. The third-order valence-corrected chi connectivity index (χ3v) is 5.67. The molecule has 1 saturated carbocycles. The van der Waals surface area contributed by atoms with Gasteiger partial charge in [0.05, 0.1) is 10.8 Å². The summed E-state index contributed by atoms with van der Waals surface area (Å²) in [7, 11) is 0. The lowest BCUT2D eigenvalue weighted by Crippen LogP contribution is -2.23. The van der Waals surface area contributed by atoms with Gasteiger partial charge in [-0.15, -0.1) is 0 Å². The third-order valence-electron chi connectivity index (χ3n) is 5.67. The molecule has 0 amide bonds. The number of aliphatic carboxylic acids is 2. The summed E-state index contributed by atoms with van der Waals surface area (Å²) in [6.07, 6.45) is 4.14. The van der Waals surface area contributed by atoms with Crippen LogP contribution in [-0.4, -0.2) is 37.5 Å². The number of hydrogen-bond acceptors (Lipinski definition) is 5. The maximum absolute atomic E-state index is 11.3. The van der Waals surface area contributed by atoms with Crippen LogP contribution in [0.25, 0.3) is 0 Å². The molecule has 0 atom stereocenters. The Hall–Kier alpha value is -2.44. The summed E-state index contributed by atoms with van der Waals surface area (Å²) in [5.41, 5.74) is -0.398. The molecule has 7 heteroatoms. The first-order valence-corrected chi connectivity index (χ1v) is 9.22. The number of carboxylic acid groups (broad SMARTS) is 2. The van der Waals surface area contributed by atoms with Crippen LogP contribution in [0.2, 0.25) is 0 Å². The monoisotopic (exact) mass is 380 g/mol. The van der Waals surface area contributed by atoms with E-state index >= 15 is 0 Å². The van der Waals surface area contributed by atoms with Crippen molar-refractivity contribution in [2.75, 3.05) is 0 Å². The molecule has 0 spiro atoms. The van der Waals surface area contributed by atoms with Gasteiger partial charge < -0.3 is 25.5 Å². The average Bonchev–Trinajstić information content (AvgIpc) is 3.36. The number of aryl methyl sites for hydroxylation is 1. The zero-order chi connectivity index (χ0) is 20.4. The minimum atomic E-state index is -0.887. The van der Waals surface area contributed by atoms with E-state index in [9.17, 15) is 35.1 Å². The van der Waals surface area contributed by atoms with Crippen molar-refractivity contribution in [2.45, 2.75) is 65.2 Å². The SMILES string of the molecule is CC(C)(CCCc1cc(O)c(O)c(O)c1CCCC1(C(=O)O)CC1)C(=O)O. The predicted octanol–water partition coefficient (Wildman–Crippen LogP) is 3.42. The fraction of sp³-hybridized carbons (Fsp3) is 0.600. The van der Waals surface area contributed by atoms with E-state index in [0.717, 1.165) is 0 Å². The summed E-state index contributed by atoms with van der Waals surface area (Å²) in [6, 6.07) is 1.39. The van der Waals surface area contributed by atoms with Gasteiger partial charge in [0.1, 0.15) is 0 Å². The van der Waals surface area contributed by atoms with Crippen molar-refractivity contribution in [3.05, 3.63) is 17.2 Å².